The number of likely N-dealkylation sites (tertiary alicyclic amines) is 1. The van der Waals surface area contributed by atoms with E-state index < -0.39 is 5.91 Å². The van der Waals surface area contributed by atoms with Crippen LogP contribution in [0, 0.1) is 11.3 Å². The number of nitrogens with zero attached hydrogens (tertiary/aromatic N) is 2. The number of rotatable bonds is 5. The molecule has 132 valence electrons. The highest BCUT2D eigenvalue weighted by molar-refractivity contribution is 6.06. The molecule has 1 aliphatic rings. The molecular formula is C19H24N4O2. The monoisotopic (exact) mass is 340 g/mol. The summed E-state index contributed by atoms with van der Waals surface area (Å²) < 4.78 is 0. The molecule has 0 aliphatic carbocycles. The van der Waals surface area contributed by atoms with Crippen LogP contribution in [0.3, 0.4) is 0 Å². The number of hydrogen-bond acceptors (Lipinski definition) is 4. The SMILES string of the molecule is CCC1CCCCN1/C=C(/C#N)C(=O)Nc1ccc(NC(C)=O)cc1. The number of nitriles is 1. The van der Waals surface area contributed by atoms with Crippen molar-refractivity contribution in [2.75, 3.05) is 17.2 Å². The van der Waals surface area contributed by atoms with Crippen LogP contribution in [-0.4, -0.2) is 29.3 Å². The summed E-state index contributed by atoms with van der Waals surface area (Å²) in [5.74, 6) is -0.575. The average molecular weight is 340 g/mol. The van der Waals surface area contributed by atoms with Crippen molar-refractivity contribution in [1.29, 1.82) is 5.26 Å². The van der Waals surface area contributed by atoms with Gasteiger partial charge in [0.15, 0.2) is 0 Å². The predicted octanol–water partition coefficient (Wildman–Crippen LogP) is 3.26. The van der Waals surface area contributed by atoms with Crippen molar-refractivity contribution in [3.8, 4) is 6.07 Å². The highest BCUT2D eigenvalue weighted by Gasteiger charge is 2.20. The quantitative estimate of drug-likeness (QED) is 0.636. The molecule has 1 aliphatic heterocycles. The van der Waals surface area contributed by atoms with Gasteiger partial charge in [-0.2, -0.15) is 5.26 Å². The highest BCUT2D eigenvalue weighted by Crippen LogP contribution is 2.21. The first-order valence-corrected chi connectivity index (χ1v) is 8.60. The Hall–Kier alpha value is -2.81. The zero-order valence-corrected chi connectivity index (χ0v) is 14.7. The third-order valence-electron chi connectivity index (χ3n) is 4.27. The molecule has 0 bridgehead atoms. The maximum absolute atomic E-state index is 12.4. The third kappa shape index (κ3) is 5.35. The van der Waals surface area contributed by atoms with Crippen molar-refractivity contribution in [3.63, 3.8) is 0 Å². The lowest BCUT2D eigenvalue weighted by molar-refractivity contribution is -0.114. The van der Waals surface area contributed by atoms with Crippen LogP contribution in [0.4, 0.5) is 11.4 Å². The van der Waals surface area contributed by atoms with Gasteiger partial charge in [0, 0.05) is 37.1 Å². The highest BCUT2D eigenvalue weighted by atomic mass is 16.2. The van der Waals surface area contributed by atoms with Gasteiger partial charge in [-0.25, -0.2) is 0 Å². The minimum Gasteiger partial charge on any atom is -0.373 e. The first kappa shape index (κ1) is 18.5. The molecule has 1 atom stereocenters. The summed E-state index contributed by atoms with van der Waals surface area (Å²) in [6.07, 6.45) is 6.06. The van der Waals surface area contributed by atoms with Crippen LogP contribution in [0.1, 0.15) is 39.5 Å². The van der Waals surface area contributed by atoms with Gasteiger partial charge in [0.25, 0.3) is 5.91 Å². The van der Waals surface area contributed by atoms with Crippen molar-refractivity contribution in [1.82, 2.24) is 4.90 Å². The van der Waals surface area contributed by atoms with E-state index in [1.54, 1.807) is 30.5 Å². The molecule has 1 fully saturated rings. The summed E-state index contributed by atoms with van der Waals surface area (Å²) in [7, 11) is 0. The molecular weight excluding hydrogens is 316 g/mol. The lowest BCUT2D eigenvalue weighted by Gasteiger charge is -2.34. The minimum absolute atomic E-state index is 0.103. The van der Waals surface area contributed by atoms with Crippen molar-refractivity contribution < 1.29 is 9.59 Å². The van der Waals surface area contributed by atoms with E-state index in [2.05, 4.69) is 22.5 Å². The summed E-state index contributed by atoms with van der Waals surface area (Å²) in [4.78, 5) is 25.5. The maximum atomic E-state index is 12.4. The Balaban J connectivity index is 2.05. The normalized spacial score (nSPS) is 17.6. The van der Waals surface area contributed by atoms with Gasteiger partial charge in [-0.05, 0) is 49.9 Å². The number of carbonyl (C=O) groups excluding carboxylic acids is 2. The largest absolute Gasteiger partial charge is 0.373 e. The number of carbonyl (C=O) groups is 2. The van der Waals surface area contributed by atoms with Crippen LogP contribution < -0.4 is 10.6 Å². The van der Waals surface area contributed by atoms with E-state index in [1.165, 1.54) is 13.3 Å². The lowest BCUT2D eigenvalue weighted by Crippen LogP contribution is -2.35. The zero-order chi connectivity index (χ0) is 18.2. The second-order valence-corrected chi connectivity index (χ2v) is 6.16. The molecule has 25 heavy (non-hydrogen) atoms. The number of amides is 2. The standard InChI is InChI=1S/C19H24N4O2/c1-3-18-6-4-5-11-23(18)13-15(12-20)19(25)22-17-9-7-16(8-10-17)21-14(2)24/h7-10,13,18H,3-6,11H2,1-2H3,(H,21,24)(H,22,25)/b15-13-. The number of hydrogen-bond donors (Lipinski definition) is 2. The molecule has 2 rings (SSSR count). The Labute approximate surface area is 148 Å². The van der Waals surface area contributed by atoms with Gasteiger partial charge >= 0.3 is 0 Å². The molecule has 0 radical (unpaired) electrons. The summed E-state index contributed by atoms with van der Waals surface area (Å²) in [5, 5.41) is 14.7. The van der Waals surface area contributed by atoms with Gasteiger partial charge in [-0.3, -0.25) is 9.59 Å². The Morgan fingerprint density at radius 2 is 1.88 bits per heavy atom. The molecule has 1 aromatic rings. The van der Waals surface area contributed by atoms with E-state index >= 15 is 0 Å². The van der Waals surface area contributed by atoms with E-state index in [4.69, 9.17) is 0 Å². The Bertz CT molecular complexity index is 688. The van der Waals surface area contributed by atoms with Crippen molar-refractivity contribution in [2.45, 2.75) is 45.6 Å². The van der Waals surface area contributed by atoms with Crippen LogP contribution >= 0.6 is 0 Å². The molecule has 0 spiro atoms. The molecule has 1 saturated heterocycles. The topological polar surface area (TPSA) is 85.2 Å². The maximum Gasteiger partial charge on any atom is 0.267 e. The summed E-state index contributed by atoms with van der Waals surface area (Å²) >= 11 is 0. The van der Waals surface area contributed by atoms with Crippen LogP contribution in [0.25, 0.3) is 0 Å². The Kier molecular flexibility index (Phi) is 6.58. The van der Waals surface area contributed by atoms with Crippen molar-refractivity contribution in [2.24, 2.45) is 0 Å². The average Bonchev–Trinajstić information content (AvgIpc) is 2.61. The van der Waals surface area contributed by atoms with Crippen LogP contribution in [0.5, 0.6) is 0 Å². The summed E-state index contributed by atoms with van der Waals surface area (Å²) in [5.41, 5.74) is 1.33. The van der Waals surface area contributed by atoms with Gasteiger partial charge in [-0.15, -0.1) is 0 Å². The molecule has 1 heterocycles. The molecule has 2 amide bonds. The van der Waals surface area contributed by atoms with Crippen LogP contribution in [-0.2, 0) is 9.59 Å². The van der Waals surface area contributed by atoms with Crippen LogP contribution in [0.15, 0.2) is 36.0 Å². The van der Waals surface area contributed by atoms with Crippen LogP contribution in [0.2, 0.25) is 0 Å². The zero-order valence-electron chi connectivity index (χ0n) is 14.7. The second kappa shape index (κ2) is 8.88. The number of nitrogens with one attached hydrogen (secondary N) is 2. The predicted molar refractivity (Wildman–Crippen MR) is 97.7 cm³/mol. The second-order valence-electron chi connectivity index (χ2n) is 6.16. The van der Waals surface area contributed by atoms with Crippen molar-refractivity contribution >= 4 is 23.2 Å². The van der Waals surface area contributed by atoms with Gasteiger partial charge in [0.1, 0.15) is 11.6 Å². The first-order valence-electron chi connectivity index (χ1n) is 8.60. The minimum atomic E-state index is -0.421. The Morgan fingerprint density at radius 3 is 2.44 bits per heavy atom. The molecule has 0 saturated carbocycles. The fraction of sp³-hybridized carbons (Fsp3) is 0.421. The number of anilines is 2. The number of piperidine rings is 1. The van der Waals surface area contributed by atoms with Gasteiger partial charge < -0.3 is 15.5 Å². The fourth-order valence-electron chi connectivity index (χ4n) is 2.97. The molecule has 0 aromatic heterocycles. The molecule has 6 heteroatoms. The van der Waals surface area contributed by atoms with E-state index in [0.717, 1.165) is 25.8 Å². The molecule has 2 N–H and O–H groups in total. The molecule has 6 nitrogen and oxygen atoms in total. The fourth-order valence-corrected chi connectivity index (χ4v) is 2.97. The smallest absolute Gasteiger partial charge is 0.267 e. The molecule has 1 aromatic carbocycles. The van der Waals surface area contributed by atoms with Gasteiger partial charge in [0.05, 0.1) is 0 Å². The Morgan fingerprint density at radius 1 is 1.24 bits per heavy atom. The van der Waals surface area contributed by atoms with E-state index in [9.17, 15) is 14.9 Å². The first-order chi connectivity index (χ1) is 12.0. The lowest BCUT2D eigenvalue weighted by atomic mass is 10.0. The van der Waals surface area contributed by atoms with Gasteiger partial charge in [0.2, 0.25) is 5.91 Å². The van der Waals surface area contributed by atoms with Crippen molar-refractivity contribution in [3.05, 3.63) is 36.0 Å². The van der Waals surface area contributed by atoms with Gasteiger partial charge in [-0.1, -0.05) is 6.92 Å². The van der Waals surface area contributed by atoms with E-state index in [-0.39, 0.29) is 11.5 Å². The van der Waals surface area contributed by atoms with E-state index in [1.807, 2.05) is 6.07 Å². The van der Waals surface area contributed by atoms with E-state index in [0.29, 0.717) is 17.4 Å². The third-order valence-corrected chi connectivity index (χ3v) is 4.27. The number of benzene rings is 1. The molecule has 1 unspecified atom stereocenters. The summed E-state index contributed by atoms with van der Waals surface area (Å²) in [6.45, 7) is 4.44. The summed E-state index contributed by atoms with van der Waals surface area (Å²) in [6, 6.07) is 9.17.